The van der Waals surface area contributed by atoms with E-state index in [1.54, 1.807) is 7.11 Å². The van der Waals surface area contributed by atoms with Gasteiger partial charge in [0.1, 0.15) is 22.8 Å². The summed E-state index contributed by atoms with van der Waals surface area (Å²) in [6, 6.07) is 24.1. The molecule has 5 atom stereocenters. The van der Waals surface area contributed by atoms with Crippen LogP contribution in [0.25, 0.3) is 21.5 Å². The Balaban J connectivity index is 1.42. The van der Waals surface area contributed by atoms with Crippen molar-refractivity contribution in [1.82, 2.24) is 0 Å². The standard InChI is InChI=1S/C34H33N2O3/c1-31(2,3)22-13-11-19-12-14-23-27-28-25-15-20-9-7-8-10-21(20)16-26(25)32(4)33(5,34(32,37)38-6)36(28)18-35-30(27)39-29(23)24(19)17-22/h7-18,27,30,37H,1-6H3/q+1. The zero-order valence-electron chi connectivity index (χ0n) is 23.2. The molecule has 1 saturated carbocycles. The summed E-state index contributed by atoms with van der Waals surface area (Å²) in [6.45, 7) is 10.9. The second kappa shape index (κ2) is 6.96. The quantitative estimate of drug-likeness (QED) is 0.248. The maximum Gasteiger partial charge on any atom is 0.293 e. The largest absolute Gasteiger partial charge is 0.446 e. The van der Waals surface area contributed by atoms with E-state index in [0.717, 1.165) is 44.3 Å². The first-order valence-corrected chi connectivity index (χ1v) is 13.8. The van der Waals surface area contributed by atoms with Gasteiger partial charge in [-0.2, -0.15) is 0 Å². The van der Waals surface area contributed by atoms with E-state index in [1.165, 1.54) is 10.9 Å². The van der Waals surface area contributed by atoms with E-state index in [2.05, 4.69) is 106 Å². The average Bonchev–Trinajstić information content (AvgIpc) is 3.17. The Hall–Kier alpha value is -3.54. The van der Waals surface area contributed by atoms with Gasteiger partial charge in [-0.15, -0.1) is 0 Å². The molecule has 1 fully saturated rings. The molecule has 8 rings (SSSR count). The predicted octanol–water partition coefficient (Wildman–Crippen LogP) is 6.01. The Morgan fingerprint density at radius 2 is 1.67 bits per heavy atom. The summed E-state index contributed by atoms with van der Waals surface area (Å²) in [5, 5.41) is 16.6. The second-order valence-electron chi connectivity index (χ2n) is 13.0. The van der Waals surface area contributed by atoms with Crippen molar-refractivity contribution in [2.75, 3.05) is 7.11 Å². The zero-order valence-corrected chi connectivity index (χ0v) is 23.2. The van der Waals surface area contributed by atoms with E-state index >= 15 is 0 Å². The average molecular weight is 518 g/mol. The molecule has 0 spiro atoms. The van der Waals surface area contributed by atoms with Gasteiger partial charge in [0.15, 0.2) is 5.54 Å². The normalized spacial score (nSPS) is 31.9. The first-order chi connectivity index (χ1) is 18.5. The SMILES string of the molecule is COC1(O)C2(C)c3cc4ccccc4cc3C3=[N+](C=NC4Oc5c(ccc6ccc(C(C)(C)C)cc56)C34)C12C. The molecule has 3 heterocycles. The van der Waals surface area contributed by atoms with Gasteiger partial charge in [0.2, 0.25) is 5.79 Å². The molecule has 5 nitrogen and oxygen atoms in total. The highest BCUT2D eigenvalue weighted by Gasteiger charge is 2.91. The van der Waals surface area contributed by atoms with Crippen LogP contribution in [0.15, 0.2) is 71.7 Å². The number of aliphatic imine (C=N–C) groups is 1. The summed E-state index contributed by atoms with van der Waals surface area (Å²) in [5.74, 6) is -0.556. The van der Waals surface area contributed by atoms with Gasteiger partial charge >= 0.3 is 0 Å². The van der Waals surface area contributed by atoms with Crippen molar-refractivity contribution in [2.24, 2.45) is 4.99 Å². The molecule has 5 unspecified atom stereocenters. The summed E-state index contributed by atoms with van der Waals surface area (Å²) in [5.41, 5.74) is 4.46. The molecule has 0 bridgehead atoms. The van der Waals surface area contributed by atoms with Crippen molar-refractivity contribution in [1.29, 1.82) is 0 Å². The minimum atomic E-state index is -1.37. The first kappa shape index (κ1) is 23.4. The smallest absolute Gasteiger partial charge is 0.293 e. The monoisotopic (exact) mass is 517 g/mol. The Morgan fingerprint density at radius 3 is 2.38 bits per heavy atom. The molecule has 3 aliphatic heterocycles. The highest BCUT2D eigenvalue weighted by molar-refractivity contribution is 6.11. The fraction of sp³-hybridized carbons (Fsp3) is 0.353. The lowest BCUT2D eigenvalue weighted by Crippen LogP contribution is -2.48. The minimum Gasteiger partial charge on any atom is -0.446 e. The maximum absolute atomic E-state index is 12.0. The number of ether oxygens (including phenoxy) is 2. The van der Waals surface area contributed by atoms with Crippen LogP contribution in [0, 0.1) is 0 Å². The van der Waals surface area contributed by atoms with Crippen LogP contribution in [0.5, 0.6) is 5.75 Å². The third kappa shape index (κ3) is 2.50. The van der Waals surface area contributed by atoms with Crippen LogP contribution in [0.3, 0.4) is 0 Å². The van der Waals surface area contributed by atoms with Gasteiger partial charge < -0.3 is 14.6 Å². The van der Waals surface area contributed by atoms with E-state index in [-0.39, 0.29) is 17.6 Å². The van der Waals surface area contributed by atoms with E-state index in [4.69, 9.17) is 14.5 Å². The van der Waals surface area contributed by atoms with Gasteiger partial charge in [-0.25, -0.2) is 4.58 Å². The molecule has 5 heteroatoms. The molecular weight excluding hydrogens is 484 g/mol. The lowest BCUT2D eigenvalue weighted by atomic mass is 9.77. The van der Waals surface area contributed by atoms with Crippen LogP contribution in [0.4, 0.5) is 0 Å². The third-order valence-electron chi connectivity index (χ3n) is 10.3. The molecule has 0 amide bonds. The van der Waals surface area contributed by atoms with Crippen LogP contribution >= 0.6 is 0 Å². The molecule has 39 heavy (non-hydrogen) atoms. The second-order valence-corrected chi connectivity index (χ2v) is 13.0. The van der Waals surface area contributed by atoms with Crippen molar-refractivity contribution in [2.45, 2.75) is 68.9 Å². The fourth-order valence-corrected chi connectivity index (χ4v) is 7.83. The molecule has 1 aliphatic carbocycles. The lowest BCUT2D eigenvalue weighted by Gasteiger charge is -2.31. The molecular formula is C34H33N2O3+. The van der Waals surface area contributed by atoms with Crippen LogP contribution < -0.4 is 4.74 Å². The number of fused-ring (bicyclic) bond motifs is 12. The van der Waals surface area contributed by atoms with Crippen molar-refractivity contribution < 1.29 is 19.2 Å². The number of benzene rings is 4. The van der Waals surface area contributed by atoms with Crippen LogP contribution in [-0.2, 0) is 15.6 Å². The molecule has 4 aromatic carbocycles. The lowest BCUT2D eigenvalue weighted by molar-refractivity contribution is -0.490. The number of nitrogens with zero attached hydrogens (tertiary/aromatic N) is 2. The van der Waals surface area contributed by atoms with Crippen molar-refractivity contribution in [3.05, 3.63) is 89.0 Å². The zero-order chi connectivity index (χ0) is 27.1. The molecule has 0 saturated heterocycles. The third-order valence-corrected chi connectivity index (χ3v) is 10.3. The Bertz CT molecular complexity index is 1830. The number of hydrogen-bond acceptors (Lipinski definition) is 4. The van der Waals surface area contributed by atoms with Crippen molar-refractivity contribution in [3.63, 3.8) is 0 Å². The van der Waals surface area contributed by atoms with E-state index in [1.807, 2.05) is 6.34 Å². The van der Waals surface area contributed by atoms with Gasteiger partial charge in [-0.05, 0) is 69.7 Å². The summed E-state index contributed by atoms with van der Waals surface area (Å²) in [4.78, 5) is 4.95. The maximum atomic E-state index is 12.0. The van der Waals surface area contributed by atoms with Crippen molar-refractivity contribution >= 4 is 33.6 Å². The Morgan fingerprint density at radius 1 is 0.949 bits per heavy atom. The summed E-state index contributed by atoms with van der Waals surface area (Å²) in [6.07, 6.45) is 1.51. The minimum absolute atomic E-state index is 0.0327. The number of methoxy groups -OCH3 is 1. The van der Waals surface area contributed by atoms with Crippen LogP contribution in [0.2, 0.25) is 0 Å². The molecule has 0 aromatic heterocycles. The van der Waals surface area contributed by atoms with Gasteiger partial charge in [0.05, 0.1) is 0 Å². The van der Waals surface area contributed by atoms with Crippen molar-refractivity contribution in [3.8, 4) is 5.75 Å². The number of hydrogen-bond donors (Lipinski definition) is 1. The topological polar surface area (TPSA) is 54.1 Å². The predicted molar refractivity (Wildman–Crippen MR) is 154 cm³/mol. The van der Waals surface area contributed by atoms with E-state index in [0.29, 0.717) is 0 Å². The first-order valence-electron chi connectivity index (χ1n) is 13.8. The van der Waals surface area contributed by atoms with E-state index < -0.39 is 16.7 Å². The Labute approximate surface area is 228 Å². The molecule has 4 aliphatic rings. The Kier molecular flexibility index (Phi) is 4.17. The molecule has 4 aromatic rings. The molecule has 0 radical (unpaired) electrons. The fourth-order valence-electron chi connectivity index (χ4n) is 7.83. The van der Waals surface area contributed by atoms with Crippen LogP contribution in [-0.4, -0.2) is 46.4 Å². The van der Waals surface area contributed by atoms with Gasteiger partial charge in [0, 0.05) is 23.6 Å². The molecule has 1 N–H and O–H groups in total. The summed E-state index contributed by atoms with van der Waals surface area (Å²) in [7, 11) is 1.60. The van der Waals surface area contributed by atoms with E-state index in [9.17, 15) is 5.11 Å². The highest BCUT2D eigenvalue weighted by Crippen LogP contribution is 2.71. The van der Waals surface area contributed by atoms with Crippen LogP contribution in [0.1, 0.15) is 62.8 Å². The summed E-state index contributed by atoms with van der Waals surface area (Å²) < 4.78 is 14.8. The van der Waals surface area contributed by atoms with Gasteiger partial charge in [-0.1, -0.05) is 69.3 Å². The highest BCUT2D eigenvalue weighted by atomic mass is 16.6. The summed E-state index contributed by atoms with van der Waals surface area (Å²) >= 11 is 0. The van der Waals surface area contributed by atoms with Gasteiger partial charge in [-0.3, -0.25) is 0 Å². The number of aliphatic hydroxyl groups is 1. The number of rotatable bonds is 1. The van der Waals surface area contributed by atoms with Gasteiger partial charge in [0.25, 0.3) is 12.6 Å². The molecule has 196 valence electrons.